The third-order valence-electron chi connectivity index (χ3n) is 8.78. The highest BCUT2D eigenvalue weighted by molar-refractivity contribution is 5.78. The summed E-state index contributed by atoms with van der Waals surface area (Å²) >= 11 is 0. The summed E-state index contributed by atoms with van der Waals surface area (Å²) in [6.07, 6.45) is 20.5. The SMILES string of the molecule is CCCCCCCCCCCCCCCC(=O)N1CCC2(CC1)CN(C(=O)CCOCCOCCC(=O)OC(C)(C)C)C2. The summed E-state index contributed by atoms with van der Waals surface area (Å²) in [7, 11) is 0. The van der Waals surface area contributed by atoms with Gasteiger partial charge in [-0.15, -0.1) is 0 Å². The first-order valence-corrected chi connectivity index (χ1v) is 17.6. The highest BCUT2D eigenvalue weighted by atomic mass is 16.6. The Bertz CT molecular complexity index is 780. The maximum Gasteiger partial charge on any atom is 0.308 e. The molecule has 0 bridgehead atoms. The highest BCUT2D eigenvalue weighted by Gasteiger charge is 2.46. The van der Waals surface area contributed by atoms with E-state index in [-0.39, 0.29) is 23.7 Å². The zero-order valence-corrected chi connectivity index (χ0v) is 28.2. The first-order valence-electron chi connectivity index (χ1n) is 17.6. The number of piperidine rings is 1. The third kappa shape index (κ3) is 16.8. The summed E-state index contributed by atoms with van der Waals surface area (Å²) in [6, 6.07) is 0. The van der Waals surface area contributed by atoms with E-state index in [0.29, 0.717) is 45.2 Å². The molecular weight excluding hydrogens is 544 g/mol. The number of hydrogen-bond acceptors (Lipinski definition) is 6. The molecule has 8 heteroatoms. The van der Waals surface area contributed by atoms with E-state index in [1.807, 2.05) is 25.7 Å². The van der Waals surface area contributed by atoms with Gasteiger partial charge in [-0.05, 0) is 40.0 Å². The van der Waals surface area contributed by atoms with E-state index in [1.54, 1.807) is 0 Å². The van der Waals surface area contributed by atoms with Crippen LogP contribution < -0.4 is 0 Å². The zero-order valence-electron chi connectivity index (χ0n) is 28.2. The molecule has 8 nitrogen and oxygen atoms in total. The molecule has 2 heterocycles. The molecular formula is C35H64N2O6. The molecule has 2 rings (SSSR count). The third-order valence-corrected chi connectivity index (χ3v) is 8.78. The summed E-state index contributed by atoms with van der Waals surface area (Å²) < 4.78 is 16.2. The van der Waals surface area contributed by atoms with Crippen LogP contribution in [0.1, 0.15) is 143 Å². The summed E-state index contributed by atoms with van der Waals surface area (Å²) in [5, 5.41) is 0. The van der Waals surface area contributed by atoms with Crippen LogP contribution in [0.3, 0.4) is 0 Å². The molecule has 250 valence electrons. The number of unbranched alkanes of at least 4 members (excludes halogenated alkanes) is 12. The second-order valence-corrected chi connectivity index (χ2v) is 13.9. The summed E-state index contributed by atoms with van der Waals surface area (Å²) in [6.45, 7) is 12.5. The first-order chi connectivity index (χ1) is 20.6. The Morgan fingerprint density at radius 2 is 1.07 bits per heavy atom. The van der Waals surface area contributed by atoms with Crippen molar-refractivity contribution in [2.24, 2.45) is 5.41 Å². The summed E-state index contributed by atoms with van der Waals surface area (Å²) in [4.78, 5) is 40.9. The average molecular weight is 609 g/mol. The van der Waals surface area contributed by atoms with Gasteiger partial charge in [0.05, 0.1) is 39.3 Å². The summed E-state index contributed by atoms with van der Waals surface area (Å²) in [5.74, 6) is 0.183. The van der Waals surface area contributed by atoms with Crippen molar-refractivity contribution < 1.29 is 28.6 Å². The van der Waals surface area contributed by atoms with Crippen LogP contribution in [-0.2, 0) is 28.6 Å². The van der Waals surface area contributed by atoms with E-state index < -0.39 is 5.60 Å². The van der Waals surface area contributed by atoms with Gasteiger partial charge in [-0.1, -0.05) is 84.0 Å². The second kappa shape index (κ2) is 21.1. The maximum absolute atomic E-state index is 12.7. The molecule has 0 N–H and O–H groups in total. The van der Waals surface area contributed by atoms with Crippen molar-refractivity contribution in [2.45, 2.75) is 149 Å². The van der Waals surface area contributed by atoms with Crippen LogP contribution in [0.2, 0.25) is 0 Å². The van der Waals surface area contributed by atoms with Gasteiger partial charge in [-0.3, -0.25) is 14.4 Å². The number of carbonyl (C=O) groups is 3. The van der Waals surface area contributed by atoms with E-state index in [1.165, 1.54) is 77.0 Å². The molecule has 0 aliphatic carbocycles. The lowest BCUT2D eigenvalue weighted by Crippen LogP contribution is -2.62. The lowest BCUT2D eigenvalue weighted by molar-refractivity contribution is -0.156. The lowest BCUT2D eigenvalue weighted by atomic mass is 9.72. The van der Waals surface area contributed by atoms with E-state index in [4.69, 9.17) is 14.2 Å². The van der Waals surface area contributed by atoms with E-state index in [0.717, 1.165) is 45.4 Å². The van der Waals surface area contributed by atoms with Crippen LogP contribution in [-0.4, -0.2) is 85.8 Å². The monoisotopic (exact) mass is 608 g/mol. The van der Waals surface area contributed by atoms with E-state index in [2.05, 4.69) is 11.8 Å². The van der Waals surface area contributed by atoms with Crippen LogP contribution in [0.15, 0.2) is 0 Å². The minimum Gasteiger partial charge on any atom is -0.460 e. The number of carbonyl (C=O) groups excluding carboxylic acids is 3. The van der Waals surface area contributed by atoms with Crippen molar-refractivity contribution in [3.63, 3.8) is 0 Å². The van der Waals surface area contributed by atoms with Crippen molar-refractivity contribution in [3.8, 4) is 0 Å². The van der Waals surface area contributed by atoms with Crippen molar-refractivity contribution in [1.29, 1.82) is 0 Å². The predicted octanol–water partition coefficient (Wildman–Crippen LogP) is 7.07. The van der Waals surface area contributed by atoms with Crippen LogP contribution in [0.25, 0.3) is 0 Å². The van der Waals surface area contributed by atoms with Crippen LogP contribution in [0.5, 0.6) is 0 Å². The largest absolute Gasteiger partial charge is 0.460 e. The van der Waals surface area contributed by atoms with Crippen molar-refractivity contribution in [1.82, 2.24) is 9.80 Å². The smallest absolute Gasteiger partial charge is 0.308 e. The highest BCUT2D eigenvalue weighted by Crippen LogP contribution is 2.40. The van der Waals surface area contributed by atoms with Gasteiger partial charge < -0.3 is 24.0 Å². The molecule has 0 radical (unpaired) electrons. The number of rotatable bonds is 23. The van der Waals surface area contributed by atoms with Gasteiger partial charge in [-0.25, -0.2) is 0 Å². The number of amides is 2. The van der Waals surface area contributed by atoms with Crippen LogP contribution >= 0.6 is 0 Å². The normalized spacial score (nSPS) is 16.4. The molecule has 2 saturated heterocycles. The molecule has 2 aliphatic rings. The molecule has 2 aliphatic heterocycles. The molecule has 0 atom stereocenters. The topological polar surface area (TPSA) is 85.4 Å². The minimum absolute atomic E-state index is 0.136. The number of ether oxygens (including phenoxy) is 3. The quantitative estimate of drug-likeness (QED) is 0.0911. The second-order valence-electron chi connectivity index (χ2n) is 13.9. The Labute approximate surface area is 262 Å². The fourth-order valence-corrected chi connectivity index (χ4v) is 6.13. The molecule has 0 aromatic heterocycles. The minimum atomic E-state index is -0.482. The van der Waals surface area contributed by atoms with Crippen LogP contribution in [0, 0.1) is 5.41 Å². The fraction of sp³-hybridized carbons (Fsp3) is 0.914. The predicted molar refractivity (Wildman–Crippen MR) is 172 cm³/mol. The molecule has 0 aromatic carbocycles. The molecule has 0 saturated carbocycles. The molecule has 0 unspecified atom stereocenters. The Kier molecular flexibility index (Phi) is 18.4. The standard InChI is InChI=1S/C35H64N2O6/c1-5-6-7-8-9-10-11-12-13-14-15-16-17-18-31(38)36-23-21-35(22-24-36)29-37(30-35)32(39)19-25-41-27-28-42-26-20-33(40)43-34(2,3)4/h5-30H2,1-4H3. The number of likely N-dealkylation sites (tertiary alicyclic amines) is 2. The van der Waals surface area contributed by atoms with Crippen molar-refractivity contribution in [3.05, 3.63) is 0 Å². The van der Waals surface area contributed by atoms with Gasteiger partial charge in [-0.2, -0.15) is 0 Å². The Balaban J connectivity index is 1.40. The number of hydrogen-bond donors (Lipinski definition) is 0. The van der Waals surface area contributed by atoms with Gasteiger partial charge in [0.2, 0.25) is 11.8 Å². The molecule has 2 fully saturated rings. The van der Waals surface area contributed by atoms with Gasteiger partial charge in [0.25, 0.3) is 0 Å². The molecule has 2 amide bonds. The van der Waals surface area contributed by atoms with Crippen molar-refractivity contribution >= 4 is 17.8 Å². The maximum atomic E-state index is 12.7. The van der Waals surface area contributed by atoms with Crippen molar-refractivity contribution in [2.75, 3.05) is 52.6 Å². The lowest BCUT2D eigenvalue weighted by Gasteiger charge is -2.54. The fourth-order valence-electron chi connectivity index (χ4n) is 6.13. The van der Waals surface area contributed by atoms with Gasteiger partial charge in [0, 0.05) is 38.0 Å². The zero-order chi connectivity index (χ0) is 31.4. The first kappa shape index (κ1) is 37.5. The van der Waals surface area contributed by atoms with Gasteiger partial charge in [0.1, 0.15) is 5.60 Å². The Hall–Kier alpha value is -1.67. The van der Waals surface area contributed by atoms with E-state index >= 15 is 0 Å². The van der Waals surface area contributed by atoms with Crippen LogP contribution in [0.4, 0.5) is 0 Å². The van der Waals surface area contributed by atoms with Gasteiger partial charge in [0.15, 0.2) is 0 Å². The Morgan fingerprint density at radius 1 is 0.605 bits per heavy atom. The van der Waals surface area contributed by atoms with E-state index in [9.17, 15) is 14.4 Å². The number of nitrogens with zero attached hydrogens (tertiary/aromatic N) is 2. The molecule has 1 spiro atoms. The van der Waals surface area contributed by atoms with Gasteiger partial charge >= 0.3 is 5.97 Å². The molecule has 0 aromatic rings. The summed E-state index contributed by atoms with van der Waals surface area (Å²) in [5.41, 5.74) is -0.282. The molecule has 43 heavy (non-hydrogen) atoms. The average Bonchev–Trinajstić information content (AvgIpc) is 2.94. The number of esters is 1. The Morgan fingerprint density at radius 3 is 1.58 bits per heavy atom.